The molecule has 0 N–H and O–H groups in total. The summed E-state index contributed by atoms with van der Waals surface area (Å²) in [6.07, 6.45) is 0.539. The molecule has 0 unspecified atom stereocenters. The Morgan fingerprint density at radius 3 is 2.37 bits per heavy atom. The van der Waals surface area contributed by atoms with Crippen molar-refractivity contribution in [3.05, 3.63) is 76.3 Å². The predicted molar refractivity (Wildman–Crippen MR) is 113 cm³/mol. The van der Waals surface area contributed by atoms with Crippen molar-refractivity contribution < 1.29 is 19.1 Å². The number of aryl methyl sites for hydroxylation is 1. The number of rotatable bonds is 6. The maximum Gasteiger partial charge on any atom is 0.338 e. The highest BCUT2D eigenvalue weighted by molar-refractivity contribution is 7.13. The largest absolute Gasteiger partial charge is 0.456 e. The molecule has 1 aromatic heterocycles. The number of ether oxygens (including phenoxy) is 1. The van der Waals surface area contributed by atoms with Crippen LogP contribution in [-0.4, -0.2) is 27.7 Å². The molecule has 6 nitrogen and oxygen atoms in total. The van der Waals surface area contributed by atoms with E-state index in [9.17, 15) is 14.4 Å². The molecular weight excluding hydrogens is 400 g/mol. The number of hydrogen-bond donors (Lipinski definition) is 0. The predicted octanol–water partition coefficient (Wildman–Crippen LogP) is 4.12. The second-order valence-electron chi connectivity index (χ2n) is 7.16. The van der Waals surface area contributed by atoms with Crippen LogP contribution in [0.5, 0.6) is 0 Å². The summed E-state index contributed by atoms with van der Waals surface area (Å²) in [7, 11) is 0. The molecule has 0 bridgehead atoms. The minimum Gasteiger partial charge on any atom is -0.456 e. The van der Waals surface area contributed by atoms with Gasteiger partial charge in [0.2, 0.25) is 11.8 Å². The van der Waals surface area contributed by atoms with Crippen molar-refractivity contribution in [2.45, 2.75) is 32.9 Å². The van der Waals surface area contributed by atoms with Crippen LogP contribution >= 0.6 is 11.3 Å². The molecule has 2 heterocycles. The van der Waals surface area contributed by atoms with E-state index >= 15 is 0 Å². The molecule has 1 aliphatic rings. The second-order valence-corrected chi connectivity index (χ2v) is 8.01. The SMILES string of the molecule is Cc1ccc(-c2nc(COC(=O)c3ccc(CN4C(=O)CCC4=O)cc3)cs2)cc1. The Balaban J connectivity index is 1.33. The van der Waals surface area contributed by atoms with Gasteiger partial charge in [0.25, 0.3) is 0 Å². The topological polar surface area (TPSA) is 76.6 Å². The molecule has 1 aliphatic heterocycles. The van der Waals surface area contributed by atoms with Gasteiger partial charge < -0.3 is 4.74 Å². The molecule has 3 aromatic rings. The van der Waals surface area contributed by atoms with Crippen molar-refractivity contribution in [2.75, 3.05) is 0 Å². The number of aromatic nitrogens is 1. The molecule has 2 aromatic carbocycles. The van der Waals surface area contributed by atoms with E-state index in [0.29, 0.717) is 11.3 Å². The lowest BCUT2D eigenvalue weighted by Crippen LogP contribution is -2.28. The van der Waals surface area contributed by atoms with E-state index in [1.54, 1.807) is 24.3 Å². The number of hydrogen-bond acceptors (Lipinski definition) is 6. The fraction of sp³-hybridized carbons (Fsp3) is 0.217. The molecule has 0 radical (unpaired) electrons. The molecule has 2 amide bonds. The van der Waals surface area contributed by atoms with Crippen LogP contribution < -0.4 is 0 Å². The van der Waals surface area contributed by atoms with Crippen LogP contribution in [0.3, 0.4) is 0 Å². The van der Waals surface area contributed by atoms with E-state index in [0.717, 1.165) is 16.1 Å². The quantitative estimate of drug-likeness (QED) is 0.443. The first-order chi connectivity index (χ1) is 14.5. The van der Waals surface area contributed by atoms with Gasteiger partial charge in [0.15, 0.2) is 0 Å². The van der Waals surface area contributed by atoms with E-state index in [1.165, 1.54) is 21.8 Å². The van der Waals surface area contributed by atoms with Crippen LogP contribution in [0, 0.1) is 6.92 Å². The number of nitrogens with zero attached hydrogens (tertiary/aromatic N) is 2. The lowest BCUT2D eigenvalue weighted by Gasteiger charge is -2.13. The number of carbonyl (C=O) groups is 3. The van der Waals surface area contributed by atoms with Crippen molar-refractivity contribution >= 4 is 29.1 Å². The molecule has 1 saturated heterocycles. The summed E-state index contributed by atoms with van der Waals surface area (Å²) in [5, 5.41) is 2.77. The molecule has 0 saturated carbocycles. The Morgan fingerprint density at radius 1 is 1.03 bits per heavy atom. The number of esters is 1. The zero-order valence-corrected chi connectivity index (χ0v) is 17.3. The number of benzene rings is 2. The van der Waals surface area contributed by atoms with Crippen LogP contribution in [0.1, 0.15) is 40.0 Å². The number of carbonyl (C=O) groups excluding carboxylic acids is 3. The molecule has 30 heavy (non-hydrogen) atoms. The van der Waals surface area contributed by atoms with Crippen LogP contribution in [0.15, 0.2) is 53.9 Å². The summed E-state index contributed by atoms with van der Waals surface area (Å²) in [6, 6.07) is 14.9. The maximum atomic E-state index is 12.3. The maximum absolute atomic E-state index is 12.3. The van der Waals surface area contributed by atoms with Crippen molar-refractivity contribution in [2.24, 2.45) is 0 Å². The van der Waals surface area contributed by atoms with Gasteiger partial charge in [0, 0.05) is 23.8 Å². The van der Waals surface area contributed by atoms with E-state index in [4.69, 9.17) is 4.74 Å². The first kappa shape index (κ1) is 20.0. The summed E-state index contributed by atoms with van der Waals surface area (Å²) in [5.74, 6) is -0.756. The highest BCUT2D eigenvalue weighted by Crippen LogP contribution is 2.24. The Kier molecular flexibility index (Phi) is 5.72. The van der Waals surface area contributed by atoms with Gasteiger partial charge >= 0.3 is 5.97 Å². The first-order valence-electron chi connectivity index (χ1n) is 9.60. The van der Waals surface area contributed by atoms with E-state index in [1.807, 2.05) is 36.6 Å². The Labute approximate surface area is 178 Å². The third-order valence-corrected chi connectivity index (χ3v) is 5.83. The van der Waals surface area contributed by atoms with E-state index in [-0.39, 0.29) is 37.8 Å². The highest BCUT2D eigenvalue weighted by Gasteiger charge is 2.28. The van der Waals surface area contributed by atoms with Crippen LogP contribution in [-0.2, 0) is 27.5 Å². The van der Waals surface area contributed by atoms with Crippen LogP contribution in [0.4, 0.5) is 0 Å². The van der Waals surface area contributed by atoms with Gasteiger partial charge in [-0.15, -0.1) is 11.3 Å². The van der Waals surface area contributed by atoms with Crippen LogP contribution in [0.2, 0.25) is 0 Å². The summed E-state index contributed by atoms with van der Waals surface area (Å²) in [4.78, 5) is 41.5. The fourth-order valence-electron chi connectivity index (χ4n) is 3.15. The zero-order valence-electron chi connectivity index (χ0n) is 16.5. The van der Waals surface area contributed by atoms with Crippen molar-refractivity contribution in [3.63, 3.8) is 0 Å². The molecular formula is C23H20N2O4S. The Bertz CT molecular complexity index is 1070. The molecule has 7 heteroatoms. The average molecular weight is 420 g/mol. The number of imide groups is 1. The van der Waals surface area contributed by atoms with Gasteiger partial charge in [0.1, 0.15) is 11.6 Å². The first-order valence-corrected chi connectivity index (χ1v) is 10.5. The third kappa shape index (κ3) is 4.46. The lowest BCUT2D eigenvalue weighted by atomic mass is 10.1. The summed E-state index contributed by atoms with van der Waals surface area (Å²) < 4.78 is 5.38. The normalized spacial score (nSPS) is 13.7. The lowest BCUT2D eigenvalue weighted by molar-refractivity contribution is -0.139. The third-order valence-electron chi connectivity index (χ3n) is 4.89. The van der Waals surface area contributed by atoms with Gasteiger partial charge in [-0.2, -0.15) is 0 Å². The van der Waals surface area contributed by atoms with Gasteiger partial charge in [-0.1, -0.05) is 42.0 Å². The molecule has 4 rings (SSSR count). The summed E-state index contributed by atoms with van der Waals surface area (Å²) >= 11 is 1.51. The van der Waals surface area contributed by atoms with Gasteiger partial charge in [0.05, 0.1) is 17.8 Å². The fourth-order valence-corrected chi connectivity index (χ4v) is 3.96. The van der Waals surface area contributed by atoms with E-state index < -0.39 is 5.97 Å². The minimum atomic E-state index is -0.445. The van der Waals surface area contributed by atoms with Gasteiger partial charge in [-0.25, -0.2) is 9.78 Å². The second kappa shape index (κ2) is 8.59. The zero-order chi connectivity index (χ0) is 21.1. The molecule has 0 spiro atoms. The number of thiazole rings is 1. The highest BCUT2D eigenvalue weighted by atomic mass is 32.1. The number of likely N-dealkylation sites (tertiary alicyclic amines) is 1. The minimum absolute atomic E-state index is 0.0970. The van der Waals surface area contributed by atoms with E-state index in [2.05, 4.69) is 4.98 Å². The smallest absolute Gasteiger partial charge is 0.338 e. The van der Waals surface area contributed by atoms with Crippen molar-refractivity contribution in [1.29, 1.82) is 0 Å². The van der Waals surface area contributed by atoms with Crippen LogP contribution in [0.25, 0.3) is 10.6 Å². The van der Waals surface area contributed by atoms with Gasteiger partial charge in [-0.05, 0) is 24.6 Å². The Morgan fingerprint density at radius 2 is 1.70 bits per heavy atom. The summed E-state index contributed by atoms with van der Waals surface area (Å²) in [5.41, 5.74) is 4.12. The molecule has 152 valence electrons. The van der Waals surface area contributed by atoms with Gasteiger partial charge in [-0.3, -0.25) is 14.5 Å². The molecule has 0 atom stereocenters. The average Bonchev–Trinajstić information content (AvgIpc) is 3.35. The Hall–Kier alpha value is -3.32. The summed E-state index contributed by atoms with van der Waals surface area (Å²) in [6.45, 7) is 2.36. The monoisotopic (exact) mass is 420 g/mol. The number of amides is 2. The van der Waals surface area contributed by atoms with Crippen molar-refractivity contribution in [1.82, 2.24) is 9.88 Å². The molecule has 1 fully saturated rings. The standard InChI is InChI=1S/C23H20N2O4S/c1-15-2-6-17(7-3-15)22-24-19(14-30-22)13-29-23(28)18-8-4-16(5-9-18)12-25-20(26)10-11-21(25)27/h2-9,14H,10-13H2,1H3. The van der Waals surface area contributed by atoms with Crippen molar-refractivity contribution in [3.8, 4) is 10.6 Å². The molecule has 0 aliphatic carbocycles.